The molecule has 1 N–H and O–H groups in total. The average molecular weight is 192 g/mol. The summed E-state index contributed by atoms with van der Waals surface area (Å²) in [5.74, 6) is 0.881. The van der Waals surface area contributed by atoms with Crippen LogP contribution in [-0.2, 0) is 6.42 Å². The maximum atomic E-state index is 9.68. The van der Waals surface area contributed by atoms with E-state index in [0.29, 0.717) is 0 Å². The van der Waals surface area contributed by atoms with Gasteiger partial charge in [0.1, 0.15) is 5.75 Å². The maximum Gasteiger partial charge on any atom is 0.119 e. The molecule has 2 nitrogen and oxygen atoms in total. The third-order valence-electron chi connectivity index (χ3n) is 2.64. The van der Waals surface area contributed by atoms with Crippen molar-refractivity contribution in [2.24, 2.45) is 0 Å². The van der Waals surface area contributed by atoms with Gasteiger partial charge in [0.05, 0.1) is 12.7 Å². The van der Waals surface area contributed by atoms with Gasteiger partial charge >= 0.3 is 0 Å². The molecule has 0 bridgehead atoms. The van der Waals surface area contributed by atoms with E-state index in [4.69, 9.17) is 4.74 Å². The van der Waals surface area contributed by atoms with Crippen LogP contribution in [0, 0.1) is 0 Å². The number of hydrogen-bond donors (Lipinski definition) is 1. The smallest absolute Gasteiger partial charge is 0.119 e. The Morgan fingerprint density at radius 1 is 1.50 bits per heavy atom. The van der Waals surface area contributed by atoms with Gasteiger partial charge in [0.2, 0.25) is 0 Å². The van der Waals surface area contributed by atoms with Crippen molar-refractivity contribution in [3.63, 3.8) is 0 Å². The highest BCUT2D eigenvalue weighted by atomic mass is 16.5. The van der Waals surface area contributed by atoms with E-state index in [1.807, 2.05) is 12.1 Å². The number of aryl methyl sites for hydroxylation is 1. The fourth-order valence-corrected chi connectivity index (χ4v) is 1.87. The Morgan fingerprint density at radius 2 is 2.36 bits per heavy atom. The summed E-state index contributed by atoms with van der Waals surface area (Å²) >= 11 is 0. The van der Waals surface area contributed by atoms with E-state index in [1.165, 1.54) is 5.56 Å². The highest BCUT2D eigenvalue weighted by Gasteiger charge is 2.20. The summed E-state index contributed by atoms with van der Waals surface area (Å²) in [6.45, 7) is 2.83. The van der Waals surface area contributed by atoms with Crippen molar-refractivity contribution in [3.8, 4) is 5.75 Å². The third kappa shape index (κ3) is 1.75. The highest BCUT2D eigenvalue weighted by molar-refractivity contribution is 5.39. The topological polar surface area (TPSA) is 29.5 Å². The Kier molecular flexibility index (Phi) is 2.73. The number of ether oxygens (including phenoxy) is 1. The molecule has 0 saturated carbocycles. The van der Waals surface area contributed by atoms with Crippen molar-refractivity contribution in [2.45, 2.75) is 32.3 Å². The fourth-order valence-electron chi connectivity index (χ4n) is 1.87. The molecule has 76 valence electrons. The molecule has 0 saturated heterocycles. The molecule has 1 aromatic carbocycles. The van der Waals surface area contributed by atoms with Gasteiger partial charge in [-0.25, -0.2) is 0 Å². The molecule has 1 aliphatic rings. The van der Waals surface area contributed by atoms with Gasteiger partial charge in [0.25, 0.3) is 0 Å². The summed E-state index contributed by atoms with van der Waals surface area (Å²) in [6, 6.07) is 6.03. The van der Waals surface area contributed by atoms with Crippen LogP contribution < -0.4 is 4.74 Å². The van der Waals surface area contributed by atoms with Gasteiger partial charge in [0.15, 0.2) is 0 Å². The second-order valence-electron chi connectivity index (χ2n) is 3.76. The summed E-state index contributed by atoms with van der Waals surface area (Å²) < 4.78 is 5.52. The lowest BCUT2D eigenvalue weighted by Gasteiger charge is -2.08. The molecule has 1 aromatic rings. The van der Waals surface area contributed by atoms with Crippen molar-refractivity contribution in [1.82, 2.24) is 0 Å². The summed E-state index contributed by atoms with van der Waals surface area (Å²) in [6.07, 6.45) is 2.58. The lowest BCUT2D eigenvalue weighted by atomic mass is 10.1. The lowest BCUT2D eigenvalue weighted by Crippen LogP contribution is -1.97. The molecule has 0 aliphatic heterocycles. The molecule has 0 aromatic heterocycles. The van der Waals surface area contributed by atoms with Crippen molar-refractivity contribution in [2.75, 3.05) is 6.61 Å². The Bertz CT molecular complexity index is 320. The van der Waals surface area contributed by atoms with Crippen LogP contribution in [0.15, 0.2) is 18.2 Å². The molecule has 2 heteroatoms. The largest absolute Gasteiger partial charge is 0.494 e. The molecule has 1 atom stereocenters. The van der Waals surface area contributed by atoms with Crippen LogP contribution in [0.1, 0.15) is 37.0 Å². The van der Waals surface area contributed by atoms with Crippen molar-refractivity contribution in [3.05, 3.63) is 29.3 Å². The Morgan fingerprint density at radius 3 is 3.14 bits per heavy atom. The number of benzene rings is 1. The van der Waals surface area contributed by atoms with Crippen LogP contribution in [0.2, 0.25) is 0 Å². The molecule has 0 amide bonds. The Hall–Kier alpha value is -1.02. The first-order valence-corrected chi connectivity index (χ1v) is 5.25. The monoisotopic (exact) mass is 192 g/mol. The highest BCUT2D eigenvalue weighted by Crippen LogP contribution is 2.33. The summed E-state index contributed by atoms with van der Waals surface area (Å²) in [7, 11) is 0. The number of rotatable bonds is 3. The van der Waals surface area contributed by atoms with Crippen LogP contribution >= 0.6 is 0 Å². The first-order valence-electron chi connectivity index (χ1n) is 5.25. The zero-order chi connectivity index (χ0) is 9.97. The van der Waals surface area contributed by atoms with Gasteiger partial charge in [0, 0.05) is 0 Å². The predicted molar refractivity (Wildman–Crippen MR) is 55.5 cm³/mol. The second-order valence-corrected chi connectivity index (χ2v) is 3.76. The van der Waals surface area contributed by atoms with E-state index < -0.39 is 0 Å². The quantitative estimate of drug-likeness (QED) is 0.797. The minimum atomic E-state index is -0.282. The number of fused-ring (bicyclic) bond motifs is 1. The van der Waals surface area contributed by atoms with Crippen LogP contribution in [-0.4, -0.2) is 11.7 Å². The van der Waals surface area contributed by atoms with Crippen LogP contribution in [0.25, 0.3) is 0 Å². The van der Waals surface area contributed by atoms with E-state index in [2.05, 4.69) is 13.0 Å². The predicted octanol–water partition coefficient (Wildman–Crippen LogP) is 2.46. The normalized spacial score (nSPS) is 19.4. The summed E-state index contributed by atoms with van der Waals surface area (Å²) in [4.78, 5) is 0. The van der Waals surface area contributed by atoms with E-state index in [-0.39, 0.29) is 6.10 Å². The van der Waals surface area contributed by atoms with Crippen LogP contribution in [0.4, 0.5) is 0 Å². The van der Waals surface area contributed by atoms with E-state index in [0.717, 1.165) is 37.2 Å². The van der Waals surface area contributed by atoms with E-state index >= 15 is 0 Å². The molecule has 0 spiro atoms. The third-order valence-corrected chi connectivity index (χ3v) is 2.64. The lowest BCUT2D eigenvalue weighted by molar-refractivity contribution is 0.179. The molecule has 0 radical (unpaired) electrons. The number of aliphatic hydroxyl groups excluding tert-OH is 1. The van der Waals surface area contributed by atoms with Gasteiger partial charge < -0.3 is 9.84 Å². The van der Waals surface area contributed by atoms with Gasteiger partial charge in [-0.05, 0) is 42.5 Å². The van der Waals surface area contributed by atoms with E-state index in [1.54, 1.807) is 0 Å². The first-order chi connectivity index (χ1) is 6.81. The van der Waals surface area contributed by atoms with Crippen molar-refractivity contribution < 1.29 is 9.84 Å². The average Bonchev–Trinajstić information content (AvgIpc) is 2.57. The SMILES string of the molecule is CCCOc1ccc2c(c1)C(O)CC2. The standard InChI is InChI=1S/C12H16O2/c1-2-7-14-10-5-3-9-4-6-12(13)11(9)8-10/h3,5,8,12-13H,2,4,6-7H2,1H3. The second kappa shape index (κ2) is 4.01. The van der Waals surface area contributed by atoms with Gasteiger partial charge in [-0.3, -0.25) is 0 Å². The summed E-state index contributed by atoms with van der Waals surface area (Å²) in [5.41, 5.74) is 2.32. The minimum absolute atomic E-state index is 0.282. The molecule has 0 fully saturated rings. The molecule has 0 heterocycles. The maximum absolute atomic E-state index is 9.68. The molecule has 14 heavy (non-hydrogen) atoms. The van der Waals surface area contributed by atoms with Gasteiger partial charge in [-0.15, -0.1) is 0 Å². The molecular formula is C12H16O2. The zero-order valence-electron chi connectivity index (χ0n) is 8.49. The molecule has 2 rings (SSSR count). The van der Waals surface area contributed by atoms with Crippen LogP contribution in [0.3, 0.4) is 0 Å². The Balaban J connectivity index is 2.17. The van der Waals surface area contributed by atoms with E-state index in [9.17, 15) is 5.11 Å². The molecule has 1 aliphatic carbocycles. The fraction of sp³-hybridized carbons (Fsp3) is 0.500. The van der Waals surface area contributed by atoms with Gasteiger partial charge in [-0.2, -0.15) is 0 Å². The van der Waals surface area contributed by atoms with Crippen molar-refractivity contribution >= 4 is 0 Å². The molecular weight excluding hydrogens is 176 g/mol. The van der Waals surface area contributed by atoms with Gasteiger partial charge in [-0.1, -0.05) is 13.0 Å². The molecule has 1 unspecified atom stereocenters. The summed E-state index contributed by atoms with van der Waals surface area (Å²) in [5, 5.41) is 9.68. The first kappa shape index (κ1) is 9.53. The zero-order valence-corrected chi connectivity index (χ0v) is 8.49. The number of hydrogen-bond acceptors (Lipinski definition) is 2. The van der Waals surface area contributed by atoms with Crippen molar-refractivity contribution in [1.29, 1.82) is 0 Å². The minimum Gasteiger partial charge on any atom is -0.494 e. The van der Waals surface area contributed by atoms with Crippen LogP contribution in [0.5, 0.6) is 5.75 Å². The Labute approximate surface area is 84.5 Å². The number of aliphatic hydroxyl groups is 1.